The number of nitrogens with two attached hydrogens (primary N) is 1. The maximum Gasteiger partial charge on any atom is 0.243 e. The maximum atomic E-state index is 13.4. The summed E-state index contributed by atoms with van der Waals surface area (Å²) in [6.07, 6.45) is 1.52. The molecule has 0 saturated carbocycles. The van der Waals surface area contributed by atoms with Crippen LogP contribution in [0.2, 0.25) is 10.0 Å². The van der Waals surface area contributed by atoms with Crippen molar-refractivity contribution in [3.05, 3.63) is 69.2 Å². The molecule has 1 fully saturated rings. The molecule has 9 heteroatoms. The third kappa shape index (κ3) is 6.15. The normalized spacial score (nSPS) is 16.9. The van der Waals surface area contributed by atoms with Gasteiger partial charge in [-0.15, -0.1) is 0 Å². The smallest absolute Gasteiger partial charge is 0.243 e. The summed E-state index contributed by atoms with van der Waals surface area (Å²) in [6.45, 7) is 0.742. The number of nitrogens with zero attached hydrogens (tertiary/aromatic N) is 1. The number of hydrogen-bond acceptors (Lipinski definition) is 3. The van der Waals surface area contributed by atoms with Crippen molar-refractivity contribution in [3.63, 3.8) is 0 Å². The molecule has 2 atom stereocenters. The Kier molecular flexibility index (Phi) is 7.86. The van der Waals surface area contributed by atoms with Crippen LogP contribution in [0.5, 0.6) is 0 Å². The van der Waals surface area contributed by atoms with E-state index in [9.17, 15) is 18.4 Å². The summed E-state index contributed by atoms with van der Waals surface area (Å²) >= 11 is 11.9. The van der Waals surface area contributed by atoms with E-state index >= 15 is 0 Å². The van der Waals surface area contributed by atoms with E-state index in [1.165, 1.54) is 11.0 Å². The van der Waals surface area contributed by atoms with Crippen molar-refractivity contribution in [1.82, 2.24) is 10.2 Å². The van der Waals surface area contributed by atoms with Crippen LogP contribution in [0.4, 0.5) is 8.78 Å². The monoisotopic (exact) mass is 469 g/mol. The van der Waals surface area contributed by atoms with Crippen LogP contribution in [0.25, 0.3) is 0 Å². The molecule has 1 heterocycles. The van der Waals surface area contributed by atoms with Crippen molar-refractivity contribution in [2.24, 2.45) is 5.73 Å². The number of hydrogen-bond donors (Lipinski definition) is 2. The van der Waals surface area contributed by atoms with Gasteiger partial charge in [0.1, 0.15) is 6.04 Å². The van der Waals surface area contributed by atoms with E-state index in [1.54, 1.807) is 18.2 Å². The molecule has 1 aliphatic rings. The van der Waals surface area contributed by atoms with Gasteiger partial charge in [0.15, 0.2) is 11.6 Å². The molecule has 0 aliphatic carbocycles. The van der Waals surface area contributed by atoms with Gasteiger partial charge in [0.05, 0.1) is 10.0 Å². The van der Waals surface area contributed by atoms with Gasteiger partial charge >= 0.3 is 0 Å². The van der Waals surface area contributed by atoms with E-state index in [0.29, 0.717) is 28.6 Å². The van der Waals surface area contributed by atoms with Gasteiger partial charge in [-0.1, -0.05) is 35.3 Å². The molecule has 5 nitrogen and oxygen atoms in total. The highest BCUT2D eigenvalue weighted by molar-refractivity contribution is 6.42. The average Bonchev–Trinajstić information content (AvgIpc) is 3.21. The van der Waals surface area contributed by atoms with Crippen molar-refractivity contribution in [3.8, 4) is 0 Å². The summed E-state index contributed by atoms with van der Waals surface area (Å²) < 4.78 is 26.4. The third-order valence-electron chi connectivity index (χ3n) is 5.25. The van der Waals surface area contributed by atoms with Gasteiger partial charge in [-0.3, -0.25) is 9.59 Å². The standard InChI is InChI=1S/C22H23Cl2F2N3O2/c23-16-5-3-14(9-17(16)24)12-28-22(31)20-2-1-7-29(20)21(30)11-15(27)8-13-4-6-18(25)19(26)10-13/h3-6,9-10,15,20H,1-2,7-8,11-12,27H2,(H,28,31)/t15-,20+/m1/s1. The highest BCUT2D eigenvalue weighted by Gasteiger charge is 2.34. The SMILES string of the molecule is N[C@@H](CC(=O)N1CCC[C@H]1C(=O)NCc1ccc(Cl)c(Cl)c1)Cc1ccc(F)c(F)c1. The van der Waals surface area contributed by atoms with Crippen molar-refractivity contribution in [1.29, 1.82) is 0 Å². The molecule has 3 N–H and O–H groups in total. The number of halogens is 4. The number of carbonyl (C=O) groups excluding carboxylic acids is 2. The van der Waals surface area contributed by atoms with E-state index in [2.05, 4.69) is 5.32 Å². The predicted molar refractivity (Wildman–Crippen MR) is 116 cm³/mol. The van der Waals surface area contributed by atoms with Crippen LogP contribution in [0.15, 0.2) is 36.4 Å². The van der Waals surface area contributed by atoms with E-state index in [-0.39, 0.29) is 31.2 Å². The van der Waals surface area contributed by atoms with Gasteiger partial charge in [0.25, 0.3) is 0 Å². The van der Waals surface area contributed by atoms with Crippen molar-refractivity contribution in [2.75, 3.05) is 6.54 Å². The minimum absolute atomic E-state index is 0.00949. The highest BCUT2D eigenvalue weighted by atomic mass is 35.5. The molecule has 0 aromatic heterocycles. The van der Waals surface area contributed by atoms with Crippen LogP contribution in [0.1, 0.15) is 30.4 Å². The van der Waals surface area contributed by atoms with Crippen LogP contribution < -0.4 is 11.1 Å². The van der Waals surface area contributed by atoms with E-state index in [4.69, 9.17) is 28.9 Å². The molecule has 2 amide bonds. The first-order valence-corrected chi connectivity index (χ1v) is 10.7. The Labute approximate surface area is 189 Å². The number of rotatable bonds is 7. The largest absolute Gasteiger partial charge is 0.350 e. The quantitative estimate of drug-likeness (QED) is 0.646. The first kappa shape index (κ1) is 23.4. The molecule has 1 aliphatic heterocycles. The number of amides is 2. The zero-order chi connectivity index (χ0) is 22.5. The fourth-order valence-corrected chi connectivity index (χ4v) is 4.00. The van der Waals surface area contributed by atoms with E-state index in [0.717, 1.165) is 24.1 Å². The van der Waals surface area contributed by atoms with Crippen LogP contribution in [-0.2, 0) is 22.6 Å². The molecule has 0 spiro atoms. The predicted octanol–water partition coefficient (Wildman–Crippen LogP) is 3.84. The zero-order valence-electron chi connectivity index (χ0n) is 16.7. The second-order valence-corrected chi connectivity index (χ2v) is 8.44. The van der Waals surface area contributed by atoms with E-state index in [1.807, 2.05) is 0 Å². The Morgan fingerprint density at radius 1 is 1.10 bits per heavy atom. The molecule has 1 saturated heterocycles. The summed E-state index contributed by atoms with van der Waals surface area (Å²) in [4.78, 5) is 26.9. The Hall–Kier alpha value is -2.22. The number of benzene rings is 2. The van der Waals surface area contributed by atoms with Crippen LogP contribution >= 0.6 is 23.2 Å². The lowest BCUT2D eigenvalue weighted by Gasteiger charge is -2.25. The molecule has 31 heavy (non-hydrogen) atoms. The fraction of sp³-hybridized carbons (Fsp3) is 0.364. The molecular formula is C22H23Cl2F2N3O2. The second-order valence-electron chi connectivity index (χ2n) is 7.63. The van der Waals surface area contributed by atoms with Gasteiger partial charge < -0.3 is 16.0 Å². The first-order chi connectivity index (χ1) is 14.7. The number of carbonyl (C=O) groups is 2. The summed E-state index contributed by atoms with van der Waals surface area (Å²) in [5.41, 5.74) is 7.37. The van der Waals surface area contributed by atoms with Crippen LogP contribution in [0, 0.1) is 11.6 Å². The van der Waals surface area contributed by atoms with Gasteiger partial charge in [0, 0.05) is 25.6 Å². The number of likely N-dealkylation sites (tertiary alicyclic amines) is 1. The molecule has 2 aromatic rings. The highest BCUT2D eigenvalue weighted by Crippen LogP contribution is 2.23. The Bertz CT molecular complexity index is 974. The van der Waals surface area contributed by atoms with Gasteiger partial charge in [-0.05, 0) is 54.7 Å². The fourth-order valence-electron chi connectivity index (χ4n) is 3.68. The second kappa shape index (κ2) is 10.4. The van der Waals surface area contributed by atoms with Gasteiger partial charge in [-0.2, -0.15) is 0 Å². The Morgan fingerprint density at radius 3 is 2.55 bits per heavy atom. The summed E-state index contributed by atoms with van der Waals surface area (Å²) in [6, 6.07) is 7.53. The van der Waals surface area contributed by atoms with Crippen LogP contribution in [-0.4, -0.2) is 35.3 Å². The van der Waals surface area contributed by atoms with Crippen molar-refractivity contribution in [2.45, 2.75) is 44.3 Å². The van der Waals surface area contributed by atoms with Crippen molar-refractivity contribution >= 4 is 35.0 Å². The first-order valence-electron chi connectivity index (χ1n) is 9.95. The van der Waals surface area contributed by atoms with Crippen LogP contribution in [0.3, 0.4) is 0 Å². The molecule has 0 unspecified atom stereocenters. The van der Waals surface area contributed by atoms with E-state index < -0.39 is 23.7 Å². The molecule has 2 aromatic carbocycles. The Morgan fingerprint density at radius 2 is 1.84 bits per heavy atom. The minimum Gasteiger partial charge on any atom is -0.350 e. The van der Waals surface area contributed by atoms with Crippen molar-refractivity contribution < 1.29 is 18.4 Å². The molecule has 0 radical (unpaired) electrons. The lowest BCUT2D eigenvalue weighted by molar-refractivity contribution is -0.138. The zero-order valence-corrected chi connectivity index (χ0v) is 18.2. The summed E-state index contributed by atoms with van der Waals surface area (Å²) in [5, 5.41) is 3.67. The minimum atomic E-state index is -0.950. The molecule has 0 bridgehead atoms. The molecule has 166 valence electrons. The molecular weight excluding hydrogens is 447 g/mol. The number of nitrogens with one attached hydrogen (secondary N) is 1. The molecule has 3 rings (SSSR count). The topological polar surface area (TPSA) is 75.4 Å². The summed E-state index contributed by atoms with van der Waals surface area (Å²) in [7, 11) is 0. The van der Waals surface area contributed by atoms with Gasteiger partial charge in [-0.25, -0.2) is 8.78 Å². The average molecular weight is 470 g/mol. The summed E-state index contributed by atoms with van der Waals surface area (Å²) in [5.74, 6) is -2.36. The lowest BCUT2D eigenvalue weighted by Crippen LogP contribution is -2.47. The third-order valence-corrected chi connectivity index (χ3v) is 5.98. The lowest BCUT2D eigenvalue weighted by atomic mass is 10.0. The van der Waals surface area contributed by atoms with Gasteiger partial charge in [0.2, 0.25) is 11.8 Å². The maximum absolute atomic E-state index is 13.4. The Balaban J connectivity index is 1.54.